The predicted octanol–water partition coefficient (Wildman–Crippen LogP) is 2.86. The highest BCUT2D eigenvalue weighted by Gasteiger charge is 2.31. The van der Waals surface area contributed by atoms with Crippen LogP contribution in [0.25, 0.3) is 6.08 Å². The SMILES string of the molecule is CCOC(=O)C=Cc1cc(OC(F)(F)F)cc(C(=O)O)c1. The van der Waals surface area contributed by atoms with E-state index in [1.807, 2.05) is 0 Å². The van der Waals surface area contributed by atoms with Crippen LogP contribution in [0.5, 0.6) is 5.75 Å². The van der Waals surface area contributed by atoms with E-state index in [1.165, 1.54) is 0 Å². The highest BCUT2D eigenvalue weighted by Crippen LogP contribution is 2.25. The van der Waals surface area contributed by atoms with E-state index in [2.05, 4.69) is 9.47 Å². The number of rotatable bonds is 5. The lowest BCUT2D eigenvalue weighted by Gasteiger charge is -2.10. The van der Waals surface area contributed by atoms with Crippen molar-refractivity contribution in [2.24, 2.45) is 0 Å². The molecule has 1 aromatic rings. The van der Waals surface area contributed by atoms with E-state index >= 15 is 0 Å². The Kier molecular flexibility index (Phi) is 5.34. The lowest BCUT2D eigenvalue weighted by Crippen LogP contribution is -2.17. The topological polar surface area (TPSA) is 72.8 Å². The number of carbonyl (C=O) groups is 2. The Morgan fingerprint density at radius 1 is 1.29 bits per heavy atom. The van der Waals surface area contributed by atoms with Crippen LogP contribution in [0.4, 0.5) is 13.2 Å². The first-order valence-corrected chi connectivity index (χ1v) is 5.70. The summed E-state index contributed by atoms with van der Waals surface area (Å²) in [7, 11) is 0. The number of benzene rings is 1. The predicted molar refractivity (Wildman–Crippen MR) is 65.8 cm³/mol. The molecule has 1 aromatic carbocycles. The summed E-state index contributed by atoms with van der Waals surface area (Å²) in [6.45, 7) is 1.73. The molecule has 0 fully saturated rings. The molecule has 8 heteroatoms. The zero-order valence-electron chi connectivity index (χ0n) is 10.8. The first kappa shape index (κ1) is 16.5. The van der Waals surface area contributed by atoms with Gasteiger partial charge in [-0.05, 0) is 36.8 Å². The fourth-order valence-corrected chi connectivity index (χ4v) is 1.39. The van der Waals surface area contributed by atoms with Crippen LogP contribution >= 0.6 is 0 Å². The molecule has 0 aliphatic rings. The minimum atomic E-state index is -4.95. The Morgan fingerprint density at radius 2 is 1.95 bits per heavy atom. The number of hydrogen-bond donors (Lipinski definition) is 1. The standard InChI is InChI=1S/C13H11F3O5/c1-2-20-11(17)4-3-8-5-9(12(18)19)7-10(6-8)21-13(14,15)16/h3-7H,2H2,1H3,(H,18,19). The number of alkyl halides is 3. The number of carbonyl (C=O) groups excluding carboxylic acids is 1. The quantitative estimate of drug-likeness (QED) is 0.669. The van der Waals surface area contributed by atoms with E-state index in [0.29, 0.717) is 0 Å². The van der Waals surface area contributed by atoms with E-state index in [0.717, 1.165) is 30.4 Å². The van der Waals surface area contributed by atoms with Gasteiger partial charge >= 0.3 is 18.3 Å². The molecule has 0 amide bonds. The van der Waals surface area contributed by atoms with Gasteiger partial charge in [0.1, 0.15) is 5.75 Å². The second kappa shape index (κ2) is 6.78. The van der Waals surface area contributed by atoms with Crippen LogP contribution in [0.1, 0.15) is 22.8 Å². The maximum absolute atomic E-state index is 12.2. The minimum absolute atomic E-state index is 0.0576. The number of aromatic carboxylic acids is 1. The van der Waals surface area contributed by atoms with E-state index in [1.54, 1.807) is 6.92 Å². The molecule has 114 valence electrons. The van der Waals surface area contributed by atoms with Gasteiger partial charge in [-0.3, -0.25) is 0 Å². The van der Waals surface area contributed by atoms with Crippen molar-refractivity contribution in [3.8, 4) is 5.75 Å². The van der Waals surface area contributed by atoms with Crippen molar-refractivity contribution in [2.75, 3.05) is 6.61 Å². The van der Waals surface area contributed by atoms with Crippen molar-refractivity contribution in [3.63, 3.8) is 0 Å². The second-order valence-electron chi connectivity index (χ2n) is 3.73. The van der Waals surface area contributed by atoms with Crippen molar-refractivity contribution < 1.29 is 37.3 Å². The van der Waals surface area contributed by atoms with Crippen molar-refractivity contribution in [1.29, 1.82) is 0 Å². The van der Waals surface area contributed by atoms with Gasteiger partial charge in [-0.25, -0.2) is 9.59 Å². The number of hydrogen-bond acceptors (Lipinski definition) is 4. The van der Waals surface area contributed by atoms with Gasteiger partial charge in [-0.15, -0.1) is 13.2 Å². The van der Waals surface area contributed by atoms with E-state index in [-0.39, 0.29) is 12.2 Å². The highest BCUT2D eigenvalue weighted by atomic mass is 19.4. The molecule has 21 heavy (non-hydrogen) atoms. The zero-order chi connectivity index (χ0) is 16.0. The molecular weight excluding hydrogens is 293 g/mol. The summed E-state index contributed by atoms with van der Waals surface area (Å²) in [5.41, 5.74) is -0.345. The molecule has 0 bridgehead atoms. The van der Waals surface area contributed by atoms with Gasteiger partial charge in [0.15, 0.2) is 0 Å². The summed E-state index contributed by atoms with van der Waals surface area (Å²) in [5.74, 6) is -2.81. The average molecular weight is 304 g/mol. The minimum Gasteiger partial charge on any atom is -0.478 e. The third-order valence-corrected chi connectivity index (χ3v) is 2.11. The fraction of sp³-hybridized carbons (Fsp3) is 0.231. The smallest absolute Gasteiger partial charge is 0.478 e. The molecular formula is C13H11F3O5. The zero-order valence-corrected chi connectivity index (χ0v) is 10.8. The van der Waals surface area contributed by atoms with Crippen LogP contribution in [-0.4, -0.2) is 30.0 Å². The molecule has 0 aromatic heterocycles. The molecule has 0 atom stereocenters. The molecule has 5 nitrogen and oxygen atoms in total. The molecule has 0 unspecified atom stereocenters. The molecule has 0 saturated carbocycles. The van der Waals surface area contributed by atoms with Crippen LogP contribution in [0.2, 0.25) is 0 Å². The molecule has 0 radical (unpaired) electrons. The van der Waals surface area contributed by atoms with E-state index in [9.17, 15) is 22.8 Å². The lowest BCUT2D eigenvalue weighted by atomic mass is 10.1. The number of halogens is 3. The van der Waals surface area contributed by atoms with Crippen molar-refractivity contribution in [2.45, 2.75) is 13.3 Å². The third-order valence-electron chi connectivity index (χ3n) is 2.11. The largest absolute Gasteiger partial charge is 0.573 e. The van der Waals surface area contributed by atoms with Crippen molar-refractivity contribution >= 4 is 18.0 Å². The summed E-state index contributed by atoms with van der Waals surface area (Å²) >= 11 is 0. The molecule has 0 aliphatic carbocycles. The first-order valence-electron chi connectivity index (χ1n) is 5.70. The summed E-state index contributed by atoms with van der Waals surface area (Å²) in [6.07, 6.45) is -2.84. The number of carboxylic acids is 1. The number of ether oxygens (including phenoxy) is 2. The Morgan fingerprint density at radius 3 is 2.48 bits per heavy atom. The van der Waals surface area contributed by atoms with Gasteiger partial charge in [-0.1, -0.05) is 0 Å². The van der Waals surface area contributed by atoms with Crippen LogP contribution in [0, 0.1) is 0 Å². The molecule has 0 spiro atoms. The molecule has 0 saturated heterocycles. The van der Waals surface area contributed by atoms with Crippen LogP contribution < -0.4 is 4.74 Å². The van der Waals surface area contributed by atoms with Gasteiger partial charge in [0.05, 0.1) is 12.2 Å². The van der Waals surface area contributed by atoms with Crippen molar-refractivity contribution in [3.05, 3.63) is 35.4 Å². The molecule has 1 rings (SSSR count). The Balaban J connectivity index is 3.08. The molecule has 1 N–H and O–H groups in total. The van der Waals surface area contributed by atoms with Gasteiger partial charge in [0.25, 0.3) is 0 Å². The third kappa shape index (κ3) is 5.98. The Labute approximate surface area is 117 Å². The van der Waals surface area contributed by atoms with Gasteiger partial charge in [0, 0.05) is 6.08 Å². The Bertz CT molecular complexity index is 563. The van der Waals surface area contributed by atoms with Gasteiger partial charge in [-0.2, -0.15) is 0 Å². The lowest BCUT2D eigenvalue weighted by molar-refractivity contribution is -0.274. The maximum atomic E-state index is 12.2. The normalized spacial score (nSPS) is 11.4. The van der Waals surface area contributed by atoms with E-state index < -0.39 is 29.6 Å². The fourth-order valence-electron chi connectivity index (χ4n) is 1.39. The molecule has 0 aliphatic heterocycles. The summed E-state index contributed by atoms with van der Waals surface area (Å²) < 4.78 is 44.7. The summed E-state index contributed by atoms with van der Waals surface area (Å²) in [4.78, 5) is 22.0. The summed E-state index contributed by atoms with van der Waals surface area (Å²) in [6, 6.07) is 2.79. The van der Waals surface area contributed by atoms with Crippen molar-refractivity contribution in [1.82, 2.24) is 0 Å². The summed E-state index contributed by atoms with van der Waals surface area (Å²) in [5, 5.41) is 8.84. The number of carboxylic acid groups (broad SMARTS) is 1. The van der Waals surface area contributed by atoms with Gasteiger partial charge < -0.3 is 14.6 Å². The van der Waals surface area contributed by atoms with Gasteiger partial charge in [0.2, 0.25) is 0 Å². The van der Waals surface area contributed by atoms with Crippen LogP contribution in [0.3, 0.4) is 0 Å². The number of esters is 1. The Hall–Kier alpha value is -2.51. The second-order valence-corrected chi connectivity index (χ2v) is 3.73. The molecule has 0 heterocycles. The first-order chi connectivity index (χ1) is 9.71. The highest BCUT2D eigenvalue weighted by molar-refractivity contribution is 5.90. The average Bonchev–Trinajstić information content (AvgIpc) is 2.34. The van der Waals surface area contributed by atoms with E-state index in [4.69, 9.17) is 5.11 Å². The van der Waals surface area contributed by atoms with Crippen LogP contribution in [-0.2, 0) is 9.53 Å². The maximum Gasteiger partial charge on any atom is 0.573 e. The van der Waals surface area contributed by atoms with Crippen LogP contribution in [0.15, 0.2) is 24.3 Å². The monoisotopic (exact) mass is 304 g/mol.